The van der Waals surface area contributed by atoms with E-state index in [0.29, 0.717) is 12.4 Å². The lowest BCUT2D eigenvalue weighted by atomic mass is 10.2. The fourth-order valence-electron chi connectivity index (χ4n) is 2.10. The molecular weight excluding hydrogens is 221 g/mol. The minimum atomic E-state index is -0.367. The van der Waals surface area contributed by atoms with Crippen molar-refractivity contribution in [3.8, 4) is 11.5 Å². The summed E-state index contributed by atoms with van der Waals surface area (Å²) >= 11 is 0. The standard InChI is InChI=1S/C11H12FN5/c1-7-5-13-6-9-15-16-11(17(7)9)10-8(12)3-2-4-14-10/h2-4,7,13H,5-6H2,1H3. The Bertz CT molecular complexity index is 551. The van der Waals surface area contributed by atoms with Crippen LogP contribution in [0.3, 0.4) is 0 Å². The number of nitrogens with one attached hydrogen (secondary N) is 1. The first kappa shape index (κ1) is 10.3. The van der Waals surface area contributed by atoms with Crippen LogP contribution in [0.4, 0.5) is 4.39 Å². The average Bonchev–Trinajstić information content (AvgIpc) is 2.75. The van der Waals surface area contributed by atoms with Gasteiger partial charge < -0.3 is 9.88 Å². The summed E-state index contributed by atoms with van der Waals surface area (Å²) in [5.74, 6) is 0.962. The van der Waals surface area contributed by atoms with E-state index in [2.05, 4.69) is 20.5 Å². The van der Waals surface area contributed by atoms with Gasteiger partial charge in [0.15, 0.2) is 11.6 Å². The fraction of sp³-hybridized carbons (Fsp3) is 0.364. The molecule has 0 radical (unpaired) electrons. The number of fused-ring (bicyclic) bond motifs is 1. The molecule has 1 unspecified atom stereocenters. The molecule has 0 aliphatic carbocycles. The van der Waals surface area contributed by atoms with E-state index < -0.39 is 0 Å². The highest BCUT2D eigenvalue weighted by atomic mass is 19.1. The second-order valence-electron chi connectivity index (χ2n) is 4.12. The molecule has 6 heteroatoms. The molecule has 1 atom stereocenters. The molecule has 2 aromatic heterocycles. The smallest absolute Gasteiger partial charge is 0.185 e. The maximum absolute atomic E-state index is 13.7. The van der Waals surface area contributed by atoms with Crippen LogP contribution in [0.15, 0.2) is 18.3 Å². The van der Waals surface area contributed by atoms with Crippen molar-refractivity contribution in [3.05, 3.63) is 30.0 Å². The Kier molecular flexibility index (Phi) is 2.36. The Hall–Kier alpha value is -1.82. The molecule has 0 aromatic carbocycles. The highest BCUT2D eigenvalue weighted by Crippen LogP contribution is 2.24. The largest absolute Gasteiger partial charge is 0.308 e. The molecule has 0 spiro atoms. The Morgan fingerprint density at radius 3 is 3.18 bits per heavy atom. The third kappa shape index (κ3) is 1.61. The second kappa shape index (κ2) is 3.89. The maximum Gasteiger partial charge on any atom is 0.185 e. The number of aromatic nitrogens is 4. The lowest BCUT2D eigenvalue weighted by Gasteiger charge is -2.23. The molecule has 5 nitrogen and oxygen atoms in total. The minimum absolute atomic E-state index is 0.199. The zero-order valence-corrected chi connectivity index (χ0v) is 9.39. The van der Waals surface area contributed by atoms with E-state index in [4.69, 9.17) is 0 Å². The van der Waals surface area contributed by atoms with Crippen LogP contribution in [0.2, 0.25) is 0 Å². The number of rotatable bonds is 1. The monoisotopic (exact) mass is 233 g/mol. The molecule has 17 heavy (non-hydrogen) atoms. The number of pyridine rings is 1. The topological polar surface area (TPSA) is 55.6 Å². The highest BCUT2D eigenvalue weighted by molar-refractivity contribution is 5.50. The van der Waals surface area contributed by atoms with Gasteiger partial charge in [0.2, 0.25) is 0 Å². The van der Waals surface area contributed by atoms with Crippen LogP contribution in [0.1, 0.15) is 18.8 Å². The molecule has 2 aromatic rings. The summed E-state index contributed by atoms with van der Waals surface area (Å²) in [6.45, 7) is 3.53. The Labute approximate surface area is 97.7 Å². The van der Waals surface area contributed by atoms with E-state index >= 15 is 0 Å². The number of hydrogen-bond donors (Lipinski definition) is 1. The summed E-state index contributed by atoms with van der Waals surface area (Å²) in [5, 5.41) is 11.4. The van der Waals surface area contributed by atoms with Crippen molar-refractivity contribution in [2.45, 2.75) is 19.5 Å². The summed E-state index contributed by atoms with van der Waals surface area (Å²) in [5.41, 5.74) is 0.264. The Morgan fingerprint density at radius 2 is 2.35 bits per heavy atom. The summed E-state index contributed by atoms with van der Waals surface area (Å²) in [6.07, 6.45) is 1.56. The van der Waals surface area contributed by atoms with Gasteiger partial charge in [-0.25, -0.2) is 9.37 Å². The average molecular weight is 233 g/mol. The summed E-state index contributed by atoms with van der Waals surface area (Å²) in [7, 11) is 0. The normalized spacial score (nSPS) is 19.1. The fourth-order valence-corrected chi connectivity index (χ4v) is 2.10. The molecule has 1 aliphatic rings. The van der Waals surface area contributed by atoms with Gasteiger partial charge in [-0.15, -0.1) is 10.2 Å². The van der Waals surface area contributed by atoms with Crippen molar-refractivity contribution in [2.75, 3.05) is 6.54 Å². The first-order valence-corrected chi connectivity index (χ1v) is 5.53. The quantitative estimate of drug-likeness (QED) is 0.802. The lowest BCUT2D eigenvalue weighted by Crippen LogP contribution is -2.32. The van der Waals surface area contributed by atoms with Crippen LogP contribution in [0.5, 0.6) is 0 Å². The minimum Gasteiger partial charge on any atom is -0.308 e. The Morgan fingerprint density at radius 1 is 1.47 bits per heavy atom. The van der Waals surface area contributed by atoms with Gasteiger partial charge in [-0.2, -0.15) is 0 Å². The predicted octanol–water partition coefficient (Wildman–Crippen LogP) is 1.14. The summed E-state index contributed by atoms with van der Waals surface area (Å²) in [6, 6.07) is 3.15. The van der Waals surface area contributed by atoms with Crippen molar-refractivity contribution in [3.63, 3.8) is 0 Å². The molecule has 0 bridgehead atoms. The molecule has 0 fully saturated rings. The van der Waals surface area contributed by atoms with Crippen LogP contribution >= 0.6 is 0 Å². The molecule has 0 amide bonds. The van der Waals surface area contributed by atoms with E-state index in [1.165, 1.54) is 6.07 Å². The SMILES string of the molecule is CC1CNCc2nnc(-c3ncccc3F)n21. The summed E-state index contributed by atoms with van der Waals surface area (Å²) < 4.78 is 15.6. The van der Waals surface area contributed by atoms with Gasteiger partial charge in [0, 0.05) is 18.8 Å². The zero-order chi connectivity index (χ0) is 11.8. The van der Waals surface area contributed by atoms with Gasteiger partial charge in [-0.05, 0) is 19.1 Å². The van der Waals surface area contributed by atoms with Crippen molar-refractivity contribution in [1.29, 1.82) is 0 Å². The molecule has 3 rings (SSSR count). The van der Waals surface area contributed by atoms with Crippen LogP contribution in [-0.4, -0.2) is 26.3 Å². The third-order valence-corrected chi connectivity index (χ3v) is 2.90. The number of hydrogen-bond acceptors (Lipinski definition) is 4. The Balaban J connectivity index is 2.17. The van der Waals surface area contributed by atoms with Gasteiger partial charge in [-0.3, -0.25) is 0 Å². The maximum atomic E-state index is 13.7. The van der Waals surface area contributed by atoms with Crippen molar-refractivity contribution in [1.82, 2.24) is 25.1 Å². The van der Waals surface area contributed by atoms with Crippen molar-refractivity contribution < 1.29 is 4.39 Å². The van der Waals surface area contributed by atoms with E-state index in [1.807, 2.05) is 11.5 Å². The summed E-state index contributed by atoms with van der Waals surface area (Å²) in [4.78, 5) is 4.04. The molecular formula is C11H12FN5. The van der Waals surface area contributed by atoms with Crippen LogP contribution in [0, 0.1) is 5.82 Å². The first-order valence-electron chi connectivity index (χ1n) is 5.53. The molecule has 3 heterocycles. The number of nitrogens with zero attached hydrogens (tertiary/aromatic N) is 4. The van der Waals surface area contributed by atoms with E-state index in [0.717, 1.165) is 12.4 Å². The van der Waals surface area contributed by atoms with E-state index in [9.17, 15) is 4.39 Å². The van der Waals surface area contributed by atoms with Crippen molar-refractivity contribution >= 4 is 0 Å². The number of halogens is 1. The van der Waals surface area contributed by atoms with Gasteiger partial charge in [0.25, 0.3) is 0 Å². The molecule has 0 saturated heterocycles. The van der Waals surface area contributed by atoms with Crippen LogP contribution in [-0.2, 0) is 6.54 Å². The van der Waals surface area contributed by atoms with Gasteiger partial charge in [0.1, 0.15) is 11.5 Å². The van der Waals surface area contributed by atoms with Gasteiger partial charge in [-0.1, -0.05) is 0 Å². The van der Waals surface area contributed by atoms with Crippen molar-refractivity contribution in [2.24, 2.45) is 0 Å². The van der Waals surface area contributed by atoms with Crippen LogP contribution < -0.4 is 5.32 Å². The first-order chi connectivity index (χ1) is 8.27. The van der Waals surface area contributed by atoms with Gasteiger partial charge >= 0.3 is 0 Å². The highest BCUT2D eigenvalue weighted by Gasteiger charge is 2.24. The zero-order valence-electron chi connectivity index (χ0n) is 9.39. The van der Waals surface area contributed by atoms with E-state index in [1.54, 1.807) is 12.3 Å². The second-order valence-corrected chi connectivity index (χ2v) is 4.12. The molecule has 0 saturated carbocycles. The molecule has 1 aliphatic heterocycles. The lowest BCUT2D eigenvalue weighted by molar-refractivity contribution is 0.424. The van der Waals surface area contributed by atoms with Gasteiger partial charge in [0.05, 0.1) is 6.54 Å². The van der Waals surface area contributed by atoms with E-state index in [-0.39, 0.29) is 17.6 Å². The molecule has 88 valence electrons. The molecule has 1 N–H and O–H groups in total. The van der Waals surface area contributed by atoms with Crippen LogP contribution in [0.25, 0.3) is 11.5 Å². The predicted molar refractivity (Wildman–Crippen MR) is 59.6 cm³/mol. The third-order valence-electron chi connectivity index (χ3n) is 2.90.